The standard InChI is InChI=1S/C30H40N2O4/c1-29(2,3)21-13-19(14-22(17-21)30(4)10-11-30)25-24(12-18-8-6-5-7-9-18)36-27(32-25)26(33)31-23-15-20(16-23)28(34)35/h13-14,17-18,20,23H,5-12,15-16H2,1-4H3,(H,31,33)(H,34,35)/t20-,23-. The van der Waals surface area contributed by atoms with Crippen LogP contribution in [0.2, 0.25) is 0 Å². The fraction of sp³-hybridized carbons (Fsp3) is 0.633. The van der Waals surface area contributed by atoms with Gasteiger partial charge in [-0.25, -0.2) is 4.98 Å². The topological polar surface area (TPSA) is 92.4 Å². The molecule has 3 aliphatic rings. The quantitative estimate of drug-likeness (QED) is 0.466. The van der Waals surface area contributed by atoms with Crippen LogP contribution >= 0.6 is 0 Å². The number of carbonyl (C=O) groups is 2. The number of carboxylic acids is 1. The second-order valence-electron chi connectivity index (χ2n) is 12.8. The van der Waals surface area contributed by atoms with Crippen LogP contribution in [0.25, 0.3) is 11.3 Å². The van der Waals surface area contributed by atoms with Crippen molar-refractivity contribution in [1.29, 1.82) is 0 Å². The van der Waals surface area contributed by atoms with Crippen LogP contribution in [0.3, 0.4) is 0 Å². The van der Waals surface area contributed by atoms with Crippen LogP contribution in [0.4, 0.5) is 0 Å². The molecule has 3 aliphatic carbocycles. The maximum absolute atomic E-state index is 13.1. The van der Waals surface area contributed by atoms with Gasteiger partial charge in [-0.1, -0.05) is 65.9 Å². The van der Waals surface area contributed by atoms with Gasteiger partial charge in [-0.3, -0.25) is 9.59 Å². The molecule has 2 N–H and O–H groups in total. The third-order valence-corrected chi connectivity index (χ3v) is 8.68. The summed E-state index contributed by atoms with van der Waals surface area (Å²) in [5.74, 6) is -0.0685. The zero-order chi connectivity index (χ0) is 25.7. The number of aliphatic carboxylic acids is 1. The van der Waals surface area contributed by atoms with Gasteiger partial charge in [-0.05, 0) is 65.7 Å². The minimum Gasteiger partial charge on any atom is -0.481 e. The lowest BCUT2D eigenvalue weighted by molar-refractivity contribution is -0.145. The van der Waals surface area contributed by atoms with Crippen LogP contribution < -0.4 is 5.32 Å². The molecule has 0 unspecified atom stereocenters. The smallest absolute Gasteiger partial charge is 0.307 e. The van der Waals surface area contributed by atoms with Crippen LogP contribution in [0.1, 0.15) is 113 Å². The lowest BCUT2D eigenvalue weighted by atomic mass is 9.80. The van der Waals surface area contributed by atoms with Crippen molar-refractivity contribution < 1.29 is 19.1 Å². The summed E-state index contributed by atoms with van der Waals surface area (Å²) in [6, 6.07) is 6.69. The van der Waals surface area contributed by atoms with Gasteiger partial charge in [-0.2, -0.15) is 0 Å². The van der Waals surface area contributed by atoms with E-state index in [1.165, 1.54) is 56.1 Å². The van der Waals surface area contributed by atoms with Crippen molar-refractivity contribution in [3.8, 4) is 11.3 Å². The summed E-state index contributed by atoms with van der Waals surface area (Å²) < 4.78 is 6.20. The number of rotatable bonds is 7. The van der Waals surface area contributed by atoms with E-state index < -0.39 is 5.97 Å². The number of hydrogen-bond acceptors (Lipinski definition) is 4. The van der Waals surface area contributed by atoms with Crippen molar-refractivity contribution in [1.82, 2.24) is 10.3 Å². The highest BCUT2D eigenvalue weighted by Crippen LogP contribution is 2.49. The van der Waals surface area contributed by atoms with Crippen molar-refractivity contribution >= 4 is 11.9 Å². The summed E-state index contributed by atoms with van der Waals surface area (Å²) in [4.78, 5) is 29.0. The predicted octanol–water partition coefficient (Wildman–Crippen LogP) is 6.41. The first-order valence-electron chi connectivity index (χ1n) is 13.7. The lowest BCUT2D eigenvalue weighted by Gasteiger charge is -2.32. The third kappa shape index (κ3) is 5.23. The SMILES string of the molecule is CC(C)(C)c1cc(-c2nc(C(=O)N[C@H]3C[C@H](C(=O)O)C3)oc2CC2CCCCC2)cc(C2(C)CC2)c1. The number of benzene rings is 1. The molecule has 5 rings (SSSR count). The van der Waals surface area contributed by atoms with Crippen LogP contribution in [-0.2, 0) is 22.0 Å². The monoisotopic (exact) mass is 492 g/mol. The zero-order valence-electron chi connectivity index (χ0n) is 22.2. The first-order chi connectivity index (χ1) is 17.0. The Kier molecular flexibility index (Phi) is 6.50. The van der Waals surface area contributed by atoms with Crippen molar-refractivity contribution in [2.45, 2.75) is 109 Å². The predicted molar refractivity (Wildman–Crippen MR) is 139 cm³/mol. The number of hydrogen-bond donors (Lipinski definition) is 2. The van der Waals surface area contributed by atoms with Gasteiger partial charge in [0, 0.05) is 18.0 Å². The van der Waals surface area contributed by atoms with Gasteiger partial charge in [0.25, 0.3) is 5.89 Å². The van der Waals surface area contributed by atoms with Gasteiger partial charge in [0.15, 0.2) is 0 Å². The van der Waals surface area contributed by atoms with Crippen LogP contribution in [0, 0.1) is 11.8 Å². The molecule has 6 nitrogen and oxygen atoms in total. The second kappa shape index (κ2) is 9.35. The molecule has 0 radical (unpaired) electrons. The minimum atomic E-state index is -0.799. The van der Waals surface area contributed by atoms with E-state index in [-0.39, 0.29) is 34.6 Å². The summed E-state index contributed by atoms with van der Waals surface area (Å²) in [6.45, 7) is 9.03. The molecule has 194 valence electrons. The summed E-state index contributed by atoms with van der Waals surface area (Å²) in [5, 5.41) is 12.1. The van der Waals surface area contributed by atoms with Gasteiger partial charge in [-0.15, -0.1) is 0 Å². The van der Waals surface area contributed by atoms with E-state index in [4.69, 9.17) is 14.5 Å². The normalized spacial score (nSPS) is 23.7. The molecule has 3 saturated carbocycles. The van der Waals surface area contributed by atoms with Crippen molar-refractivity contribution in [3.05, 3.63) is 41.0 Å². The van der Waals surface area contributed by atoms with Crippen molar-refractivity contribution in [3.63, 3.8) is 0 Å². The summed E-state index contributed by atoms with van der Waals surface area (Å²) in [5.41, 5.74) is 4.66. The molecule has 1 aromatic heterocycles. The Labute approximate surface area is 214 Å². The number of carboxylic acid groups (broad SMARTS) is 1. The van der Waals surface area contributed by atoms with Crippen molar-refractivity contribution in [2.24, 2.45) is 11.8 Å². The molecule has 1 heterocycles. The van der Waals surface area contributed by atoms with Crippen molar-refractivity contribution in [2.75, 3.05) is 0 Å². The van der Waals surface area contributed by atoms with Crippen LogP contribution in [0.15, 0.2) is 22.6 Å². The summed E-state index contributed by atoms with van der Waals surface area (Å²) >= 11 is 0. The molecule has 2 aromatic rings. The molecule has 0 saturated heterocycles. The van der Waals surface area contributed by atoms with Gasteiger partial charge < -0.3 is 14.8 Å². The average molecular weight is 493 g/mol. The molecule has 0 bridgehead atoms. The van der Waals surface area contributed by atoms with E-state index in [0.717, 1.165) is 23.4 Å². The average Bonchev–Trinajstić information content (AvgIpc) is 3.42. The summed E-state index contributed by atoms with van der Waals surface area (Å²) in [6.07, 6.45) is 10.3. The van der Waals surface area contributed by atoms with E-state index >= 15 is 0 Å². The molecule has 36 heavy (non-hydrogen) atoms. The number of nitrogens with zero attached hydrogens (tertiary/aromatic N) is 1. The molecular formula is C30H40N2O4. The zero-order valence-corrected chi connectivity index (χ0v) is 22.2. The third-order valence-electron chi connectivity index (χ3n) is 8.68. The molecule has 6 heteroatoms. The number of amides is 1. The highest BCUT2D eigenvalue weighted by Gasteiger charge is 2.40. The molecule has 3 fully saturated rings. The Hall–Kier alpha value is -2.63. The molecule has 0 spiro atoms. The largest absolute Gasteiger partial charge is 0.481 e. The number of oxazole rings is 1. The molecule has 1 aromatic carbocycles. The van der Waals surface area contributed by atoms with Crippen LogP contribution in [-0.4, -0.2) is 28.0 Å². The maximum atomic E-state index is 13.1. The Bertz CT molecular complexity index is 1120. The summed E-state index contributed by atoms with van der Waals surface area (Å²) in [7, 11) is 0. The van der Waals surface area contributed by atoms with Gasteiger partial charge in [0.2, 0.25) is 0 Å². The van der Waals surface area contributed by atoms with E-state index in [1.807, 2.05) is 0 Å². The first kappa shape index (κ1) is 25.0. The minimum absolute atomic E-state index is 0.00557. The van der Waals surface area contributed by atoms with E-state index in [1.54, 1.807) is 0 Å². The number of carbonyl (C=O) groups excluding carboxylic acids is 1. The van der Waals surface area contributed by atoms with E-state index in [9.17, 15) is 9.59 Å². The lowest BCUT2D eigenvalue weighted by Crippen LogP contribution is -2.46. The molecule has 0 atom stereocenters. The maximum Gasteiger partial charge on any atom is 0.307 e. The van der Waals surface area contributed by atoms with Gasteiger partial charge >= 0.3 is 11.9 Å². The first-order valence-corrected chi connectivity index (χ1v) is 13.7. The second-order valence-corrected chi connectivity index (χ2v) is 12.8. The fourth-order valence-corrected chi connectivity index (χ4v) is 5.67. The Morgan fingerprint density at radius 3 is 2.42 bits per heavy atom. The molecule has 1 amide bonds. The van der Waals surface area contributed by atoms with E-state index in [0.29, 0.717) is 18.8 Å². The van der Waals surface area contributed by atoms with E-state index in [2.05, 4.69) is 51.2 Å². The molecular weight excluding hydrogens is 452 g/mol. The Balaban J connectivity index is 1.48. The molecule has 0 aliphatic heterocycles. The Morgan fingerprint density at radius 1 is 1.11 bits per heavy atom. The number of aromatic nitrogens is 1. The fourth-order valence-electron chi connectivity index (χ4n) is 5.67. The van der Waals surface area contributed by atoms with Gasteiger partial charge in [0.1, 0.15) is 11.5 Å². The highest BCUT2D eigenvalue weighted by molar-refractivity contribution is 5.91. The highest BCUT2D eigenvalue weighted by atomic mass is 16.4. The number of nitrogens with one attached hydrogen (secondary N) is 1. The Morgan fingerprint density at radius 2 is 1.81 bits per heavy atom. The van der Waals surface area contributed by atoms with Gasteiger partial charge in [0.05, 0.1) is 5.92 Å². The van der Waals surface area contributed by atoms with Crippen LogP contribution in [0.5, 0.6) is 0 Å².